The zero-order valence-corrected chi connectivity index (χ0v) is 7.05. The molecule has 1 aliphatic rings. The van der Waals surface area contributed by atoms with E-state index in [1.165, 1.54) is 7.11 Å². The molecule has 1 saturated heterocycles. The lowest BCUT2D eigenvalue weighted by atomic mass is 9.90. The molecule has 0 radical (unpaired) electrons. The number of rotatable bonds is 1. The summed E-state index contributed by atoms with van der Waals surface area (Å²) in [5, 5.41) is 2.59. The van der Waals surface area contributed by atoms with Gasteiger partial charge in [-0.2, -0.15) is 0 Å². The zero-order valence-electron chi connectivity index (χ0n) is 7.05. The van der Waals surface area contributed by atoms with E-state index in [1.807, 2.05) is 0 Å². The largest absolute Gasteiger partial charge is 0.469 e. The number of ether oxygens (including phenoxy) is 1. The van der Waals surface area contributed by atoms with Crippen molar-refractivity contribution in [3.8, 4) is 0 Å². The summed E-state index contributed by atoms with van der Waals surface area (Å²) in [6.07, 6.45) is 0.236. The van der Waals surface area contributed by atoms with E-state index < -0.39 is 5.41 Å². The average Bonchev–Trinajstić information content (AvgIpc) is 2.31. The van der Waals surface area contributed by atoms with Crippen molar-refractivity contribution in [3.05, 3.63) is 0 Å². The molecule has 0 aromatic rings. The topological polar surface area (TPSA) is 55.4 Å². The molecule has 70 valence electrons. The minimum absolute atomic E-state index is 0. The van der Waals surface area contributed by atoms with Gasteiger partial charge in [-0.15, -0.1) is 0 Å². The Morgan fingerprint density at radius 2 is 2.25 bits per heavy atom. The van der Waals surface area contributed by atoms with Crippen molar-refractivity contribution in [1.82, 2.24) is 5.32 Å². The van der Waals surface area contributed by atoms with Gasteiger partial charge in [0, 0.05) is 13.0 Å². The van der Waals surface area contributed by atoms with E-state index in [2.05, 4.69) is 10.1 Å². The first-order chi connectivity index (χ1) is 5.08. The summed E-state index contributed by atoms with van der Waals surface area (Å²) >= 11 is 0. The quantitative estimate of drug-likeness (QED) is 0.566. The normalized spacial score (nSPS) is 27.3. The number of amides is 1. The molecule has 12 heavy (non-hydrogen) atoms. The molecule has 1 unspecified atom stereocenters. The molecule has 0 aromatic carbocycles. The molecule has 1 aliphatic heterocycles. The van der Waals surface area contributed by atoms with Crippen molar-refractivity contribution in [2.75, 3.05) is 13.7 Å². The van der Waals surface area contributed by atoms with E-state index >= 15 is 0 Å². The summed E-state index contributed by atoms with van der Waals surface area (Å²) < 4.78 is 4.55. The van der Waals surface area contributed by atoms with Gasteiger partial charge in [0.1, 0.15) is 0 Å². The number of methoxy groups -OCH3 is 1. The van der Waals surface area contributed by atoms with Crippen LogP contribution in [0.4, 0.5) is 4.70 Å². The van der Waals surface area contributed by atoms with Crippen LogP contribution in [0.1, 0.15) is 13.3 Å². The molecule has 0 aliphatic carbocycles. The summed E-state index contributed by atoms with van der Waals surface area (Å²) in [6.45, 7) is 2.11. The van der Waals surface area contributed by atoms with Gasteiger partial charge in [-0.05, 0) is 6.92 Å². The summed E-state index contributed by atoms with van der Waals surface area (Å²) in [5.74, 6) is -0.409. The molecule has 1 heterocycles. The van der Waals surface area contributed by atoms with Crippen molar-refractivity contribution in [2.24, 2.45) is 5.41 Å². The first-order valence-corrected chi connectivity index (χ1v) is 3.43. The fourth-order valence-electron chi connectivity index (χ4n) is 1.16. The molecule has 1 fully saturated rings. The second-order valence-electron chi connectivity index (χ2n) is 3.01. The average molecular weight is 177 g/mol. The van der Waals surface area contributed by atoms with Crippen LogP contribution in [0.25, 0.3) is 0 Å². The van der Waals surface area contributed by atoms with Gasteiger partial charge >= 0.3 is 5.97 Å². The van der Waals surface area contributed by atoms with E-state index in [0.29, 0.717) is 6.54 Å². The maximum Gasteiger partial charge on any atom is 0.313 e. The van der Waals surface area contributed by atoms with Crippen LogP contribution in [0, 0.1) is 5.41 Å². The summed E-state index contributed by atoms with van der Waals surface area (Å²) in [4.78, 5) is 21.8. The summed E-state index contributed by atoms with van der Waals surface area (Å²) in [5.41, 5.74) is -0.647. The maximum absolute atomic E-state index is 11.1. The van der Waals surface area contributed by atoms with E-state index in [0.717, 1.165) is 0 Å². The number of hydrogen-bond donors (Lipinski definition) is 1. The number of hydrogen-bond acceptors (Lipinski definition) is 3. The SMILES string of the molecule is COC(=O)C1(C)CNC(=O)C1.F. The Morgan fingerprint density at radius 3 is 2.58 bits per heavy atom. The molecule has 1 N–H and O–H groups in total. The highest BCUT2D eigenvalue weighted by molar-refractivity contribution is 5.89. The fraction of sp³-hybridized carbons (Fsp3) is 0.714. The number of halogens is 1. The highest BCUT2D eigenvalue weighted by atomic mass is 19.0. The van der Waals surface area contributed by atoms with Crippen LogP contribution in [-0.4, -0.2) is 25.5 Å². The predicted octanol–water partition coefficient (Wildman–Crippen LogP) is -0.162. The molecule has 0 saturated carbocycles. The third-order valence-electron chi connectivity index (χ3n) is 1.90. The van der Waals surface area contributed by atoms with Gasteiger partial charge in [0.2, 0.25) is 5.91 Å². The van der Waals surface area contributed by atoms with Gasteiger partial charge < -0.3 is 10.1 Å². The predicted molar refractivity (Wildman–Crippen MR) is 40.3 cm³/mol. The first-order valence-electron chi connectivity index (χ1n) is 3.43. The Kier molecular flexibility index (Phi) is 3.18. The molecule has 1 amide bonds. The Bertz CT molecular complexity index is 207. The second kappa shape index (κ2) is 3.51. The number of carbonyl (C=O) groups excluding carboxylic acids is 2. The number of esters is 1. The molecule has 4 nitrogen and oxygen atoms in total. The third kappa shape index (κ3) is 1.72. The van der Waals surface area contributed by atoms with Gasteiger partial charge in [0.15, 0.2) is 0 Å². The van der Waals surface area contributed by atoms with E-state index in [9.17, 15) is 9.59 Å². The van der Waals surface area contributed by atoms with Gasteiger partial charge in [-0.3, -0.25) is 14.3 Å². The Balaban J connectivity index is 0.00000121. The van der Waals surface area contributed by atoms with Crippen molar-refractivity contribution >= 4 is 11.9 Å². The van der Waals surface area contributed by atoms with Gasteiger partial charge in [0.05, 0.1) is 12.5 Å². The Hall–Kier alpha value is -1.13. The van der Waals surface area contributed by atoms with Crippen LogP contribution in [0.2, 0.25) is 0 Å². The third-order valence-corrected chi connectivity index (χ3v) is 1.90. The molecule has 0 aromatic heterocycles. The molecule has 1 rings (SSSR count). The molecule has 5 heteroatoms. The molecule has 1 atom stereocenters. The van der Waals surface area contributed by atoms with Crippen LogP contribution < -0.4 is 5.32 Å². The highest BCUT2D eigenvalue weighted by Gasteiger charge is 2.41. The first kappa shape index (κ1) is 10.9. The Labute approximate surface area is 69.6 Å². The van der Waals surface area contributed by atoms with Gasteiger partial charge in [0.25, 0.3) is 0 Å². The monoisotopic (exact) mass is 177 g/mol. The minimum atomic E-state index is -0.647. The van der Waals surface area contributed by atoms with E-state index in [4.69, 9.17) is 0 Å². The van der Waals surface area contributed by atoms with Crippen molar-refractivity contribution in [3.63, 3.8) is 0 Å². The molecule has 0 spiro atoms. The van der Waals surface area contributed by atoms with Crippen LogP contribution in [-0.2, 0) is 14.3 Å². The summed E-state index contributed by atoms with van der Waals surface area (Å²) in [6, 6.07) is 0. The lowest BCUT2D eigenvalue weighted by Gasteiger charge is -2.16. The zero-order chi connectivity index (χ0) is 8.48. The number of nitrogens with one attached hydrogen (secondary N) is 1. The van der Waals surface area contributed by atoms with Crippen LogP contribution in [0.3, 0.4) is 0 Å². The Morgan fingerprint density at radius 1 is 1.67 bits per heavy atom. The molecular formula is C7H12FNO3. The van der Waals surface area contributed by atoms with Crippen LogP contribution in [0.15, 0.2) is 0 Å². The molecular weight excluding hydrogens is 165 g/mol. The van der Waals surface area contributed by atoms with Gasteiger partial charge in [-0.25, -0.2) is 0 Å². The van der Waals surface area contributed by atoms with E-state index in [1.54, 1.807) is 6.92 Å². The van der Waals surface area contributed by atoms with Crippen molar-refractivity contribution in [1.29, 1.82) is 0 Å². The van der Waals surface area contributed by atoms with Crippen molar-refractivity contribution in [2.45, 2.75) is 13.3 Å². The summed E-state index contributed by atoms with van der Waals surface area (Å²) in [7, 11) is 1.33. The van der Waals surface area contributed by atoms with Gasteiger partial charge in [-0.1, -0.05) is 0 Å². The highest BCUT2D eigenvalue weighted by Crippen LogP contribution is 2.26. The standard InChI is InChI=1S/C7H11NO3.FH/c1-7(6(10)11-2)3-5(9)8-4-7;/h3-4H2,1-2H3,(H,8,9);1H. The number of carbonyl (C=O) groups is 2. The lowest BCUT2D eigenvalue weighted by molar-refractivity contribution is -0.151. The molecule has 0 bridgehead atoms. The van der Waals surface area contributed by atoms with Crippen molar-refractivity contribution < 1.29 is 19.0 Å². The maximum atomic E-state index is 11.1. The fourth-order valence-corrected chi connectivity index (χ4v) is 1.16. The van der Waals surface area contributed by atoms with Crippen LogP contribution in [0.5, 0.6) is 0 Å². The van der Waals surface area contributed by atoms with Crippen LogP contribution >= 0.6 is 0 Å². The smallest absolute Gasteiger partial charge is 0.313 e. The lowest BCUT2D eigenvalue weighted by Crippen LogP contribution is -2.31. The second-order valence-corrected chi connectivity index (χ2v) is 3.01. The minimum Gasteiger partial charge on any atom is -0.469 e. The van der Waals surface area contributed by atoms with E-state index in [-0.39, 0.29) is 23.0 Å².